The van der Waals surface area contributed by atoms with Crippen LogP contribution >= 0.6 is 0 Å². The van der Waals surface area contributed by atoms with Gasteiger partial charge in [-0.1, -0.05) is 5.16 Å². The van der Waals surface area contributed by atoms with E-state index in [-0.39, 0.29) is 17.8 Å². The van der Waals surface area contributed by atoms with E-state index in [2.05, 4.69) is 15.4 Å². The average Bonchev–Trinajstić information content (AvgIpc) is 3.05. The SMILES string of the molecule is COC(=O)C1CCN(CCC(=O)Nc2cc(C)on2)C1. The first-order valence-electron chi connectivity index (χ1n) is 6.62. The molecule has 1 saturated heterocycles. The van der Waals surface area contributed by atoms with Crippen LogP contribution in [0.2, 0.25) is 0 Å². The highest BCUT2D eigenvalue weighted by Crippen LogP contribution is 2.17. The van der Waals surface area contributed by atoms with Crippen LogP contribution < -0.4 is 5.32 Å². The summed E-state index contributed by atoms with van der Waals surface area (Å²) in [6.45, 7) is 3.86. The molecule has 0 aliphatic carbocycles. The number of rotatable bonds is 5. The summed E-state index contributed by atoms with van der Waals surface area (Å²) in [5.74, 6) is 0.734. The van der Waals surface area contributed by atoms with Crippen LogP contribution in [0.15, 0.2) is 10.6 Å². The van der Waals surface area contributed by atoms with Crippen molar-refractivity contribution in [2.24, 2.45) is 5.92 Å². The van der Waals surface area contributed by atoms with Gasteiger partial charge in [0.1, 0.15) is 5.76 Å². The van der Waals surface area contributed by atoms with Crippen LogP contribution in [-0.4, -0.2) is 48.7 Å². The van der Waals surface area contributed by atoms with Crippen LogP contribution in [0.3, 0.4) is 0 Å². The number of hydrogen-bond acceptors (Lipinski definition) is 6. The third-order valence-electron chi connectivity index (χ3n) is 3.36. The number of esters is 1. The van der Waals surface area contributed by atoms with E-state index in [1.54, 1.807) is 13.0 Å². The predicted molar refractivity (Wildman–Crippen MR) is 71.0 cm³/mol. The van der Waals surface area contributed by atoms with Gasteiger partial charge < -0.3 is 19.5 Å². The summed E-state index contributed by atoms with van der Waals surface area (Å²) in [5.41, 5.74) is 0. The lowest BCUT2D eigenvalue weighted by Gasteiger charge is -2.14. The monoisotopic (exact) mass is 281 g/mol. The summed E-state index contributed by atoms with van der Waals surface area (Å²) < 4.78 is 9.60. The Kier molecular flexibility index (Phi) is 4.73. The lowest BCUT2D eigenvalue weighted by Crippen LogP contribution is -2.27. The van der Waals surface area contributed by atoms with Crippen LogP contribution in [0, 0.1) is 12.8 Å². The zero-order chi connectivity index (χ0) is 14.5. The topological polar surface area (TPSA) is 84.7 Å². The fourth-order valence-corrected chi connectivity index (χ4v) is 2.29. The van der Waals surface area contributed by atoms with Gasteiger partial charge in [0.05, 0.1) is 13.0 Å². The van der Waals surface area contributed by atoms with Crippen molar-refractivity contribution < 1.29 is 18.8 Å². The minimum atomic E-state index is -0.171. The van der Waals surface area contributed by atoms with Gasteiger partial charge in [-0.25, -0.2) is 0 Å². The van der Waals surface area contributed by atoms with Crippen LogP contribution in [0.25, 0.3) is 0 Å². The van der Waals surface area contributed by atoms with Gasteiger partial charge in [-0.2, -0.15) is 0 Å². The third kappa shape index (κ3) is 3.80. The molecule has 0 spiro atoms. The van der Waals surface area contributed by atoms with E-state index >= 15 is 0 Å². The molecule has 1 atom stereocenters. The molecule has 1 aliphatic heterocycles. The molecule has 2 heterocycles. The van der Waals surface area contributed by atoms with Crippen molar-refractivity contribution >= 4 is 17.7 Å². The maximum atomic E-state index is 11.7. The molecule has 20 heavy (non-hydrogen) atoms. The smallest absolute Gasteiger partial charge is 0.310 e. The Morgan fingerprint density at radius 2 is 2.40 bits per heavy atom. The number of aryl methyl sites for hydroxylation is 1. The van der Waals surface area contributed by atoms with E-state index in [0.29, 0.717) is 31.1 Å². The third-order valence-corrected chi connectivity index (χ3v) is 3.36. The Labute approximate surface area is 117 Å². The van der Waals surface area contributed by atoms with Crippen molar-refractivity contribution in [3.05, 3.63) is 11.8 Å². The summed E-state index contributed by atoms with van der Waals surface area (Å²) in [4.78, 5) is 25.2. The number of methoxy groups -OCH3 is 1. The van der Waals surface area contributed by atoms with Gasteiger partial charge in [0.15, 0.2) is 5.82 Å². The zero-order valence-corrected chi connectivity index (χ0v) is 11.7. The van der Waals surface area contributed by atoms with Crippen LogP contribution in [-0.2, 0) is 14.3 Å². The van der Waals surface area contributed by atoms with Crippen molar-refractivity contribution in [2.75, 3.05) is 32.1 Å². The number of hydrogen-bond donors (Lipinski definition) is 1. The minimum absolute atomic E-state index is 0.0683. The van der Waals surface area contributed by atoms with Crippen LogP contribution in [0.5, 0.6) is 0 Å². The molecule has 0 bridgehead atoms. The molecule has 1 amide bonds. The lowest BCUT2D eigenvalue weighted by atomic mass is 10.1. The molecule has 110 valence electrons. The summed E-state index contributed by atoms with van der Waals surface area (Å²) in [6, 6.07) is 1.67. The lowest BCUT2D eigenvalue weighted by molar-refractivity contribution is -0.144. The van der Waals surface area contributed by atoms with E-state index in [1.807, 2.05) is 0 Å². The highest BCUT2D eigenvalue weighted by atomic mass is 16.5. The maximum absolute atomic E-state index is 11.7. The number of ether oxygens (including phenoxy) is 1. The molecule has 0 aromatic carbocycles. The first-order chi connectivity index (χ1) is 9.58. The predicted octanol–water partition coefficient (Wildman–Crippen LogP) is 0.807. The maximum Gasteiger partial charge on any atom is 0.310 e. The minimum Gasteiger partial charge on any atom is -0.469 e. The Balaban J connectivity index is 1.70. The number of nitrogens with zero attached hydrogens (tertiary/aromatic N) is 2. The second kappa shape index (κ2) is 6.51. The molecule has 7 nitrogen and oxygen atoms in total. The van der Waals surface area contributed by atoms with Crippen molar-refractivity contribution in [3.63, 3.8) is 0 Å². The quantitative estimate of drug-likeness (QED) is 0.804. The molecule has 1 unspecified atom stereocenters. The summed E-state index contributed by atoms with van der Waals surface area (Å²) >= 11 is 0. The molecule has 1 aliphatic rings. The van der Waals surface area contributed by atoms with Crippen molar-refractivity contribution in [1.29, 1.82) is 0 Å². The van der Waals surface area contributed by atoms with E-state index < -0.39 is 0 Å². The van der Waals surface area contributed by atoms with Crippen molar-refractivity contribution in [3.8, 4) is 0 Å². The second-order valence-corrected chi connectivity index (χ2v) is 4.93. The van der Waals surface area contributed by atoms with E-state index in [9.17, 15) is 9.59 Å². The Bertz CT molecular complexity index is 486. The zero-order valence-electron chi connectivity index (χ0n) is 11.7. The van der Waals surface area contributed by atoms with Gasteiger partial charge in [0.2, 0.25) is 5.91 Å². The second-order valence-electron chi connectivity index (χ2n) is 4.93. The van der Waals surface area contributed by atoms with E-state index in [1.165, 1.54) is 7.11 Å². The molecular formula is C13H19N3O4. The van der Waals surface area contributed by atoms with Crippen molar-refractivity contribution in [1.82, 2.24) is 10.1 Å². The largest absolute Gasteiger partial charge is 0.469 e. The Morgan fingerprint density at radius 3 is 3.05 bits per heavy atom. The molecule has 2 rings (SSSR count). The molecule has 1 N–H and O–H groups in total. The number of aromatic nitrogens is 1. The molecule has 1 fully saturated rings. The van der Waals surface area contributed by atoms with Gasteiger partial charge in [-0.05, 0) is 19.9 Å². The number of amides is 1. The molecule has 0 radical (unpaired) electrons. The Hall–Kier alpha value is -1.89. The van der Waals surface area contributed by atoms with Gasteiger partial charge in [0, 0.05) is 25.6 Å². The van der Waals surface area contributed by atoms with Gasteiger partial charge >= 0.3 is 5.97 Å². The highest BCUT2D eigenvalue weighted by Gasteiger charge is 2.28. The first-order valence-corrected chi connectivity index (χ1v) is 6.62. The summed E-state index contributed by atoms with van der Waals surface area (Å²) in [5, 5.41) is 6.37. The fraction of sp³-hybridized carbons (Fsp3) is 0.615. The molecular weight excluding hydrogens is 262 g/mol. The first kappa shape index (κ1) is 14.5. The van der Waals surface area contributed by atoms with Crippen LogP contribution in [0.1, 0.15) is 18.6 Å². The number of nitrogens with one attached hydrogen (secondary N) is 1. The van der Waals surface area contributed by atoms with Gasteiger partial charge in [-0.15, -0.1) is 0 Å². The number of carbonyl (C=O) groups is 2. The molecule has 0 saturated carbocycles. The summed E-state index contributed by atoms with van der Waals surface area (Å²) in [7, 11) is 1.40. The number of anilines is 1. The molecule has 7 heteroatoms. The highest BCUT2D eigenvalue weighted by molar-refractivity contribution is 5.89. The van der Waals surface area contributed by atoms with Gasteiger partial charge in [-0.3, -0.25) is 9.59 Å². The van der Waals surface area contributed by atoms with Crippen molar-refractivity contribution in [2.45, 2.75) is 19.8 Å². The van der Waals surface area contributed by atoms with Crippen LogP contribution in [0.4, 0.5) is 5.82 Å². The summed E-state index contributed by atoms with van der Waals surface area (Å²) in [6.07, 6.45) is 1.15. The van der Waals surface area contributed by atoms with E-state index in [4.69, 9.17) is 9.26 Å². The Morgan fingerprint density at radius 1 is 1.60 bits per heavy atom. The normalized spacial score (nSPS) is 19.0. The fourth-order valence-electron chi connectivity index (χ4n) is 2.29. The molecule has 1 aromatic heterocycles. The number of carbonyl (C=O) groups excluding carboxylic acids is 2. The van der Waals surface area contributed by atoms with Gasteiger partial charge in [0.25, 0.3) is 0 Å². The van der Waals surface area contributed by atoms with E-state index in [0.717, 1.165) is 13.0 Å². The standard InChI is InChI=1S/C13H19N3O4/c1-9-7-11(15-20-9)14-12(17)4-6-16-5-3-10(8-16)13(18)19-2/h7,10H,3-6,8H2,1-2H3,(H,14,15,17). The molecule has 1 aromatic rings. The number of likely N-dealkylation sites (tertiary alicyclic amines) is 1. The average molecular weight is 281 g/mol.